The van der Waals surface area contributed by atoms with Gasteiger partial charge in [-0.25, -0.2) is 0 Å². The maximum atomic E-state index is 4.33. The smallest absolute Gasteiger partial charge is 0.0417 e. The fraction of sp³-hybridized carbons (Fsp3) is 0.643. The summed E-state index contributed by atoms with van der Waals surface area (Å²) in [6.45, 7) is 5.40. The molecule has 2 heteroatoms. The number of pyridine rings is 1. The normalized spacial score (nSPS) is 19.6. The number of aryl methyl sites for hydroxylation is 1. The molecule has 0 amide bonds. The van der Waals surface area contributed by atoms with Crippen LogP contribution in [0.1, 0.15) is 50.3 Å². The lowest BCUT2D eigenvalue weighted by Crippen LogP contribution is -2.43. The molecule has 2 rings (SSSR count). The van der Waals surface area contributed by atoms with Crippen molar-refractivity contribution in [3.8, 4) is 0 Å². The van der Waals surface area contributed by atoms with Crippen LogP contribution in [0.2, 0.25) is 0 Å². The van der Waals surface area contributed by atoms with E-state index in [0.29, 0.717) is 5.54 Å². The first-order chi connectivity index (χ1) is 7.70. The first kappa shape index (κ1) is 11.6. The van der Waals surface area contributed by atoms with E-state index in [0.717, 1.165) is 12.2 Å². The molecule has 1 N–H and O–H groups in total. The first-order valence-electron chi connectivity index (χ1n) is 6.35. The second kappa shape index (κ2) is 4.96. The zero-order valence-corrected chi connectivity index (χ0v) is 10.4. The van der Waals surface area contributed by atoms with E-state index in [2.05, 4.69) is 30.2 Å². The quantitative estimate of drug-likeness (QED) is 0.842. The Morgan fingerprint density at radius 2 is 2.06 bits per heavy atom. The SMILES string of the molecule is Cc1ncccc1CNC1(C)CCCCC1. The van der Waals surface area contributed by atoms with Crippen LogP contribution in [0.3, 0.4) is 0 Å². The van der Waals surface area contributed by atoms with E-state index >= 15 is 0 Å². The average Bonchev–Trinajstić information content (AvgIpc) is 2.29. The first-order valence-corrected chi connectivity index (χ1v) is 6.35. The van der Waals surface area contributed by atoms with E-state index in [1.807, 2.05) is 12.3 Å². The number of rotatable bonds is 3. The van der Waals surface area contributed by atoms with Gasteiger partial charge in [-0.1, -0.05) is 25.3 Å². The zero-order chi connectivity index (χ0) is 11.4. The van der Waals surface area contributed by atoms with Gasteiger partial charge < -0.3 is 5.32 Å². The molecule has 0 saturated heterocycles. The third-order valence-electron chi connectivity index (χ3n) is 3.78. The molecule has 0 aromatic carbocycles. The van der Waals surface area contributed by atoms with Gasteiger partial charge in [0.05, 0.1) is 0 Å². The third kappa shape index (κ3) is 2.82. The van der Waals surface area contributed by atoms with E-state index < -0.39 is 0 Å². The summed E-state index contributed by atoms with van der Waals surface area (Å²) in [6, 6.07) is 4.19. The summed E-state index contributed by atoms with van der Waals surface area (Å²) in [5, 5.41) is 3.72. The van der Waals surface area contributed by atoms with Crippen LogP contribution in [0.5, 0.6) is 0 Å². The Labute approximate surface area is 98.5 Å². The van der Waals surface area contributed by atoms with Crippen molar-refractivity contribution in [1.29, 1.82) is 0 Å². The van der Waals surface area contributed by atoms with Gasteiger partial charge in [0.25, 0.3) is 0 Å². The molecule has 2 nitrogen and oxygen atoms in total. The highest BCUT2D eigenvalue weighted by Crippen LogP contribution is 2.27. The molecular formula is C14H22N2. The van der Waals surface area contributed by atoms with Crippen molar-refractivity contribution in [2.75, 3.05) is 0 Å². The lowest BCUT2D eigenvalue weighted by atomic mass is 9.83. The van der Waals surface area contributed by atoms with Gasteiger partial charge in [-0.05, 0) is 38.3 Å². The number of aromatic nitrogens is 1. The van der Waals surface area contributed by atoms with Crippen LogP contribution < -0.4 is 5.32 Å². The molecule has 0 aliphatic heterocycles. The molecule has 1 aromatic rings. The number of hydrogen-bond donors (Lipinski definition) is 1. The highest BCUT2D eigenvalue weighted by Gasteiger charge is 2.25. The molecule has 0 spiro atoms. The zero-order valence-electron chi connectivity index (χ0n) is 10.4. The predicted octanol–water partition coefficient (Wildman–Crippen LogP) is 3.20. The number of nitrogens with one attached hydrogen (secondary N) is 1. The van der Waals surface area contributed by atoms with E-state index in [9.17, 15) is 0 Å². The molecular weight excluding hydrogens is 196 g/mol. The van der Waals surface area contributed by atoms with Crippen molar-refractivity contribution in [1.82, 2.24) is 10.3 Å². The summed E-state index contributed by atoms with van der Waals surface area (Å²) in [7, 11) is 0. The molecule has 0 radical (unpaired) electrons. The highest BCUT2D eigenvalue weighted by molar-refractivity contribution is 5.18. The van der Waals surface area contributed by atoms with Crippen molar-refractivity contribution in [3.63, 3.8) is 0 Å². The second-order valence-electron chi connectivity index (χ2n) is 5.22. The van der Waals surface area contributed by atoms with Gasteiger partial charge in [0.15, 0.2) is 0 Å². The van der Waals surface area contributed by atoms with Crippen LogP contribution in [-0.4, -0.2) is 10.5 Å². The van der Waals surface area contributed by atoms with Crippen LogP contribution in [0.15, 0.2) is 18.3 Å². The number of hydrogen-bond acceptors (Lipinski definition) is 2. The van der Waals surface area contributed by atoms with Gasteiger partial charge in [-0.3, -0.25) is 4.98 Å². The summed E-state index contributed by atoms with van der Waals surface area (Å²) in [6.07, 6.45) is 8.63. The monoisotopic (exact) mass is 218 g/mol. The van der Waals surface area contributed by atoms with Crippen molar-refractivity contribution in [2.24, 2.45) is 0 Å². The third-order valence-corrected chi connectivity index (χ3v) is 3.78. The fourth-order valence-corrected chi connectivity index (χ4v) is 2.52. The Balaban J connectivity index is 1.94. The van der Waals surface area contributed by atoms with Crippen molar-refractivity contribution >= 4 is 0 Å². The average molecular weight is 218 g/mol. The van der Waals surface area contributed by atoms with Crippen LogP contribution in [0.25, 0.3) is 0 Å². The van der Waals surface area contributed by atoms with Crippen LogP contribution >= 0.6 is 0 Å². The molecule has 0 atom stereocenters. The number of nitrogens with zero attached hydrogens (tertiary/aromatic N) is 1. The van der Waals surface area contributed by atoms with Crippen molar-refractivity contribution < 1.29 is 0 Å². The van der Waals surface area contributed by atoms with Gasteiger partial charge in [-0.15, -0.1) is 0 Å². The molecule has 1 saturated carbocycles. The van der Waals surface area contributed by atoms with Gasteiger partial charge in [0.2, 0.25) is 0 Å². The van der Waals surface area contributed by atoms with Gasteiger partial charge >= 0.3 is 0 Å². The van der Waals surface area contributed by atoms with Gasteiger partial charge in [0.1, 0.15) is 0 Å². The standard InChI is InChI=1S/C14H22N2/c1-12-13(7-6-10-15-12)11-16-14(2)8-4-3-5-9-14/h6-7,10,16H,3-5,8-9,11H2,1-2H3. The Hall–Kier alpha value is -0.890. The Morgan fingerprint density at radius 3 is 2.75 bits per heavy atom. The molecule has 0 unspecified atom stereocenters. The van der Waals surface area contributed by atoms with E-state index in [1.165, 1.54) is 37.7 Å². The maximum absolute atomic E-state index is 4.33. The van der Waals surface area contributed by atoms with E-state index in [4.69, 9.17) is 0 Å². The summed E-state index contributed by atoms with van der Waals surface area (Å²) in [4.78, 5) is 4.33. The Bertz CT molecular complexity index is 340. The molecule has 16 heavy (non-hydrogen) atoms. The highest BCUT2D eigenvalue weighted by atomic mass is 15.0. The summed E-state index contributed by atoms with van der Waals surface area (Å²) >= 11 is 0. The lowest BCUT2D eigenvalue weighted by Gasteiger charge is -2.35. The van der Waals surface area contributed by atoms with Crippen molar-refractivity contribution in [3.05, 3.63) is 29.6 Å². The summed E-state index contributed by atoms with van der Waals surface area (Å²) in [5.41, 5.74) is 2.82. The van der Waals surface area contributed by atoms with Gasteiger partial charge in [0, 0.05) is 24.0 Å². The molecule has 1 heterocycles. The summed E-state index contributed by atoms with van der Waals surface area (Å²) in [5.74, 6) is 0. The van der Waals surface area contributed by atoms with Crippen LogP contribution in [0.4, 0.5) is 0 Å². The van der Waals surface area contributed by atoms with Crippen molar-refractivity contribution in [2.45, 2.75) is 58.0 Å². The van der Waals surface area contributed by atoms with E-state index in [-0.39, 0.29) is 0 Å². The van der Waals surface area contributed by atoms with Gasteiger partial charge in [-0.2, -0.15) is 0 Å². The molecule has 1 aliphatic carbocycles. The minimum Gasteiger partial charge on any atom is -0.307 e. The summed E-state index contributed by atoms with van der Waals surface area (Å²) < 4.78 is 0. The fourth-order valence-electron chi connectivity index (χ4n) is 2.52. The maximum Gasteiger partial charge on any atom is 0.0417 e. The molecule has 1 aliphatic rings. The Morgan fingerprint density at radius 1 is 1.31 bits per heavy atom. The molecule has 0 bridgehead atoms. The lowest BCUT2D eigenvalue weighted by molar-refractivity contribution is 0.252. The Kier molecular flexibility index (Phi) is 3.59. The van der Waals surface area contributed by atoms with Crippen LogP contribution in [-0.2, 0) is 6.54 Å². The largest absolute Gasteiger partial charge is 0.307 e. The topological polar surface area (TPSA) is 24.9 Å². The predicted molar refractivity (Wildman–Crippen MR) is 67.3 cm³/mol. The van der Waals surface area contributed by atoms with E-state index in [1.54, 1.807) is 0 Å². The second-order valence-corrected chi connectivity index (χ2v) is 5.22. The van der Waals surface area contributed by atoms with Crippen LogP contribution in [0, 0.1) is 6.92 Å². The minimum absolute atomic E-state index is 0.348. The minimum atomic E-state index is 0.348. The molecule has 1 fully saturated rings. The molecule has 1 aromatic heterocycles. The molecule has 88 valence electrons.